The van der Waals surface area contributed by atoms with Gasteiger partial charge in [-0.15, -0.1) is 0 Å². The number of carbonyl (C=O) groups excluding carboxylic acids is 1. The summed E-state index contributed by atoms with van der Waals surface area (Å²) in [5.74, 6) is -1.01. The average molecular weight is 425 g/mol. The lowest BCUT2D eigenvalue weighted by Gasteiger charge is -2.32. The summed E-state index contributed by atoms with van der Waals surface area (Å²) in [4.78, 5) is 17.1. The molecule has 0 fully saturated rings. The first-order valence-electron chi connectivity index (χ1n) is 9.79. The second-order valence-corrected chi connectivity index (χ2v) is 8.23. The van der Waals surface area contributed by atoms with E-state index in [2.05, 4.69) is 0 Å². The maximum atomic E-state index is 14.2. The number of aromatic nitrogens is 2. The number of rotatable bonds is 2. The maximum absolute atomic E-state index is 14.2. The Bertz CT molecular complexity index is 1330. The van der Waals surface area contributed by atoms with Gasteiger partial charge >= 0.3 is 5.97 Å². The summed E-state index contributed by atoms with van der Waals surface area (Å²) in [6.07, 6.45) is 0.160. The number of nitrogens with two attached hydrogens (primary N) is 1. The zero-order valence-electron chi connectivity index (χ0n) is 16.6. The fourth-order valence-corrected chi connectivity index (χ4v) is 4.86. The smallest absolute Gasteiger partial charge is 0.343 e. The van der Waals surface area contributed by atoms with Crippen LogP contribution in [-0.2, 0) is 34.8 Å². The number of benzene rings is 1. The molecule has 0 aliphatic carbocycles. The first-order valence-corrected chi connectivity index (χ1v) is 10.2. The third-order valence-corrected chi connectivity index (χ3v) is 6.76. The van der Waals surface area contributed by atoms with Crippen molar-refractivity contribution in [1.29, 1.82) is 0 Å². The Balaban J connectivity index is 1.84. The quantitative estimate of drug-likeness (QED) is 0.378. The molecule has 6 nitrogen and oxygen atoms in total. The Hall–Kier alpha value is -2.68. The lowest BCUT2D eigenvalue weighted by atomic mass is 9.86. The van der Waals surface area contributed by atoms with Crippen LogP contribution in [0.5, 0.6) is 0 Å². The van der Waals surface area contributed by atoms with Gasteiger partial charge in [0, 0.05) is 34.7 Å². The van der Waals surface area contributed by atoms with Crippen molar-refractivity contribution in [3.05, 3.63) is 56.5 Å². The molecule has 8 heteroatoms. The van der Waals surface area contributed by atoms with Crippen molar-refractivity contribution in [2.45, 2.75) is 45.6 Å². The number of cyclic esters (lactones) is 1. The molecule has 3 N–H and O–H groups in total. The second-order valence-electron chi connectivity index (χ2n) is 7.84. The molecule has 2 aromatic heterocycles. The number of hydrogen-bond acceptors (Lipinski definition) is 6. The second kappa shape index (κ2) is 6.41. The molecular formula is C22H20FN3O3S. The van der Waals surface area contributed by atoms with E-state index in [1.165, 1.54) is 6.07 Å². The standard InChI is InChI=1S/C22H20FN3O3S/c1-3-22(28)15-5-18-19-13(8-26(18)20(30)14(15)9-29-21(22)27)12(7-24)11-4-10(2)16(23)6-17(11)25-19/h4-6,28H,3,7-9,24H2,1-2H3/t22-/m0/s1. The van der Waals surface area contributed by atoms with Gasteiger partial charge in [-0.2, -0.15) is 0 Å². The number of fused-ring (bicyclic) bond motifs is 5. The molecule has 0 radical (unpaired) electrons. The fourth-order valence-electron chi connectivity index (χ4n) is 4.52. The number of carbonyl (C=O) groups is 1. The van der Waals surface area contributed by atoms with E-state index in [1.807, 2.05) is 4.57 Å². The third-order valence-electron chi connectivity index (χ3n) is 6.29. The summed E-state index contributed by atoms with van der Waals surface area (Å²) in [5.41, 5.74) is 9.63. The first kappa shape index (κ1) is 19.3. The third kappa shape index (κ3) is 2.38. The van der Waals surface area contributed by atoms with Gasteiger partial charge in [-0.1, -0.05) is 19.1 Å². The summed E-state index contributed by atoms with van der Waals surface area (Å²) in [5, 5.41) is 11.8. The molecule has 3 aromatic rings. The Kier molecular flexibility index (Phi) is 4.12. The Morgan fingerprint density at radius 3 is 2.83 bits per heavy atom. The van der Waals surface area contributed by atoms with Crippen molar-refractivity contribution >= 4 is 29.1 Å². The highest BCUT2D eigenvalue weighted by Crippen LogP contribution is 2.42. The molecule has 1 atom stereocenters. The Labute approximate surface area is 177 Å². The molecule has 0 spiro atoms. The van der Waals surface area contributed by atoms with Crippen molar-refractivity contribution in [2.24, 2.45) is 5.73 Å². The van der Waals surface area contributed by atoms with Gasteiger partial charge < -0.3 is 20.1 Å². The molecule has 0 unspecified atom stereocenters. The lowest BCUT2D eigenvalue weighted by Crippen LogP contribution is -2.41. The minimum Gasteiger partial charge on any atom is -0.458 e. The van der Waals surface area contributed by atoms with Gasteiger partial charge in [0.1, 0.15) is 17.1 Å². The summed E-state index contributed by atoms with van der Waals surface area (Å²) >= 11 is 5.71. The van der Waals surface area contributed by atoms with Crippen LogP contribution in [0.3, 0.4) is 0 Å². The minimum atomic E-state index is -1.75. The van der Waals surface area contributed by atoms with Gasteiger partial charge in [0.25, 0.3) is 0 Å². The maximum Gasteiger partial charge on any atom is 0.343 e. The summed E-state index contributed by atoms with van der Waals surface area (Å²) in [7, 11) is 0. The molecule has 5 rings (SSSR count). The van der Waals surface area contributed by atoms with Gasteiger partial charge in [0.15, 0.2) is 5.60 Å². The molecule has 1 aromatic carbocycles. The average Bonchev–Trinajstić information content (AvgIpc) is 3.09. The normalized spacial score (nSPS) is 19.4. The monoisotopic (exact) mass is 425 g/mol. The molecule has 4 heterocycles. The lowest BCUT2D eigenvalue weighted by molar-refractivity contribution is -0.172. The molecule has 0 saturated carbocycles. The van der Waals surface area contributed by atoms with E-state index in [9.17, 15) is 14.3 Å². The fraction of sp³-hybridized carbons (Fsp3) is 0.318. The van der Waals surface area contributed by atoms with Crippen LogP contribution in [0.1, 0.15) is 41.2 Å². The molecule has 0 amide bonds. The van der Waals surface area contributed by atoms with E-state index in [1.54, 1.807) is 26.0 Å². The predicted octanol–water partition coefficient (Wildman–Crippen LogP) is 3.36. The van der Waals surface area contributed by atoms with Crippen molar-refractivity contribution in [3.63, 3.8) is 0 Å². The van der Waals surface area contributed by atoms with Crippen LogP contribution in [0, 0.1) is 17.4 Å². The number of nitrogens with zero attached hydrogens (tertiary/aromatic N) is 2. The van der Waals surface area contributed by atoms with Crippen molar-refractivity contribution < 1.29 is 19.0 Å². The van der Waals surface area contributed by atoms with Crippen molar-refractivity contribution in [1.82, 2.24) is 9.55 Å². The van der Waals surface area contributed by atoms with E-state index in [0.717, 1.165) is 16.5 Å². The number of halogens is 1. The number of aliphatic hydroxyl groups is 1. The highest BCUT2D eigenvalue weighted by molar-refractivity contribution is 7.71. The van der Waals surface area contributed by atoms with Crippen LogP contribution in [0.25, 0.3) is 22.3 Å². The number of ether oxygens (including phenoxy) is 1. The van der Waals surface area contributed by atoms with Crippen LogP contribution >= 0.6 is 12.2 Å². The van der Waals surface area contributed by atoms with Crippen molar-refractivity contribution in [3.8, 4) is 11.4 Å². The zero-order chi connectivity index (χ0) is 21.4. The van der Waals surface area contributed by atoms with Crippen LogP contribution < -0.4 is 5.73 Å². The molecule has 0 saturated heterocycles. The van der Waals surface area contributed by atoms with E-state index in [0.29, 0.717) is 44.8 Å². The van der Waals surface area contributed by atoms with E-state index in [4.69, 9.17) is 27.7 Å². The van der Waals surface area contributed by atoms with E-state index < -0.39 is 11.6 Å². The number of hydrogen-bond donors (Lipinski definition) is 2. The summed E-state index contributed by atoms with van der Waals surface area (Å²) < 4.78 is 21.9. The zero-order valence-corrected chi connectivity index (χ0v) is 17.4. The number of pyridine rings is 2. The van der Waals surface area contributed by atoms with Crippen LogP contribution in [0.15, 0.2) is 18.2 Å². The summed E-state index contributed by atoms with van der Waals surface area (Å²) in [6.45, 7) is 4.20. The van der Waals surface area contributed by atoms with Gasteiger partial charge in [-0.3, -0.25) is 0 Å². The molecule has 30 heavy (non-hydrogen) atoms. The SMILES string of the molecule is CC[C@@]1(O)C(=O)OCc2c1cc1n(c2=S)Cc2c-1nc1cc(F)c(C)cc1c2CN. The molecular weight excluding hydrogens is 405 g/mol. The topological polar surface area (TPSA) is 90.4 Å². The van der Waals surface area contributed by atoms with Gasteiger partial charge in [0.05, 0.1) is 23.4 Å². The van der Waals surface area contributed by atoms with Gasteiger partial charge in [0.2, 0.25) is 0 Å². The van der Waals surface area contributed by atoms with Crippen molar-refractivity contribution in [2.75, 3.05) is 0 Å². The minimum absolute atomic E-state index is 0.0233. The molecule has 154 valence electrons. The molecule has 0 bridgehead atoms. The van der Waals surface area contributed by atoms with E-state index >= 15 is 0 Å². The largest absolute Gasteiger partial charge is 0.458 e. The van der Waals surface area contributed by atoms with E-state index in [-0.39, 0.29) is 25.4 Å². The number of esters is 1. The summed E-state index contributed by atoms with van der Waals surface area (Å²) in [6, 6.07) is 4.96. The van der Waals surface area contributed by atoms with Gasteiger partial charge in [-0.05, 0) is 36.6 Å². The Morgan fingerprint density at radius 2 is 2.13 bits per heavy atom. The number of aryl methyl sites for hydroxylation is 1. The predicted molar refractivity (Wildman–Crippen MR) is 112 cm³/mol. The molecule has 2 aliphatic heterocycles. The van der Waals surface area contributed by atoms with Crippen LogP contribution in [0.2, 0.25) is 0 Å². The van der Waals surface area contributed by atoms with Gasteiger partial charge in [-0.25, -0.2) is 14.2 Å². The van der Waals surface area contributed by atoms with Crippen LogP contribution in [-0.4, -0.2) is 20.6 Å². The van der Waals surface area contributed by atoms with Crippen LogP contribution in [0.4, 0.5) is 4.39 Å². The highest BCUT2D eigenvalue weighted by atomic mass is 32.1. The first-order chi connectivity index (χ1) is 14.3. The Morgan fingerprint density at radius 1 is 1.37 bits per heavy atom. The highest BCUT2D eigenvalue weighted by Gasteiger charge is 2.44. The molecule has 2 aliphatic rings.